The molecule has 0 saturated carbocycles. The lowest BCUT2D eigenvalue weighted by Crippen LogP contribution is -2.69. The summed E-state index contributed by atoms with van der Waals surface area (Å²) in [6.07, 6.45) is -7.42. The second kappa shape index (κ2) is 14.2. The van der Waals surface area contributed by atoms with Gasteiger partial charge in [0.1, 0.15) is 18.3 Å². The van der Waals surface area contributed by atoms with Gasteiger partial charge in [-0.05, 0) is 30.8 Å². The van der Waals surface area contributed by atoms with Gasteiger partial charge >= 0.3 is 5.97 Å². The third kappa shape index (κ3) is 6.61. The van der Waals surface area contributed by atoms with E-state index in [1.165, 1.54) is 0 Å². The smallest absolute Gasteiger partial charge is 0.337 e. The summed E-state index contributed by atoms with van der Waals surface area (Å²) >= 11 is 0. The van der Waals surface area contributed by atoms with Crippen LogP contribution in [0.1, 0.15) is 41.5 Å². The zero-order valence-electron chi connectivity index (χ0n) is 28.6. The Labute approximate surface area is 286 Å². The van der Waals surface area contributed by atoms with Crippen molar-refractivity contribution in [2.45, 2.75) is 82.1 Å². The molecule has 4 aromatic rings. The molecular formula is C39H48O7Si2. The highest BCUT2D eigenvalue weighted by molar-refractivity contribution is 7.00. The molecule has 1 saturated heterocycles. The van der Waals surface area contributed by atoms with Gasteiger partial charge in [-0.2, -0.15) is 0 Å². The highest BCUT2D eigenvalue weighted by atomic mass is 28.4. The molecule has 1 aliphatic rings. The Morgan fingerprint density at radius 2 is 1.00 bits per heavy atom. The summed E-state index contributed by atoms with van der Waals surface area (Å²) in [6.45, 7) is 12.3. The average molecular weight is 685 g/mol. The Morgan fingerprint density at radius 3 is 1.35 bits per heavy atom. The quantitative estimate of drug-likeness (QED) is 0.164. The number of ether oxygens (including phenoxy) is 1. The molecule has 0 aliphatic carbocycles. The molecule has 9 heteroatoms. The van der Waals surface area contributed by atoms with Crippen LogP contribution in [0.2, 0.25) is 10.1 Å². The zero-order chi connectivity index (χ0) is 34.7. The van der Waals surface area contributed by atoms with Crippen LogP contribution in [0.4, 0.5) is 0 Å². The Kier molecular flexibility index (Phi) is 10.6. The molecule has 4 aromatic carbocycles. The molecule has 0 aromatic heterocycles. The van der Waals surface area contributed by atoms with Crippen LogP contribution in [0.5, 0.6) is 0 Å². The van der Waals surface area contributed by atoms with E-state index in [1.54, 1.807) is 0 Å². The van der Waals surface area contributed by atoms with Gasteiger partial charge in [-0.15, -0.1) is 0 Å². The number of aliphatic hydroxyl groups excluding tert-OH is 3. The lowest BCUT2D eigenvalue weighted by atomic mass is 10.0. The maximum absolute atomic E-state index is 13.5. The molecule has 0 radical (unpaired) electrons. The van der Waals surface area contributed by atoms with Crippen molar-refractivity contribution in [3.8, 4) is 0 Å². The molecule has 0 amide bonds. The summed E-state index contributed by atoms with van der Waals surface area (Å²) in [6, 6.07) is 39.6. The average Bonchev–Trinajstić information content (AvgIpc) is 3.35. The predicted molar refractivity (Wildman–Crippen MR) is 194 cm³/mol. The van der Waals surface area contributed by atoms with Crippen molar-refractivity contribution in [2.75, 3.05) is 6.61 Å². The summed E-state index contributed by atoms with van der Waals surface area (Å²) in [7, 11) is -6.28. The van der Waals surface area contributed by atoms with Crippen LogP contribution in [0.15, 0.2) is 121 Å². The summed E-state index contributed by atoms with van der Waals surface area (Å²) in [5.74, 6) is -0.778. The minimum absolute atomic E-state index is 0.241. The number of rotatable bonds is 11. The van der Waals surface area contributed by atoms with Gasteiger partial charge in [0, 0.05) is 0 Å². The van der Waals surface area contributed by atoms with E-state index in [1.807, 2.05) is 121 Å². The highest BCUT2D eigenvalue weighted by Gasteiger charge is 2.58. The van der Waals surface area contributed by atoms with Gasteiger partial charge in [0.15, 0.2) is 12.2 Å². The molecule has 254 valence electrons. The van der Waals surface area contributed by atoms with Crippen LogP contribution in [-0.2, 0) is 18.4 Å². The summed E-state index contributed by atoms with van der Waals surface area (Å²) in [5, 5.41) is 37.6. The fourth-order valence-electron chi connectivity index (χ4n) is 7.14. The van der Waals surface area contributed by atoms with E-state index in [4.69, 9.17) is 13.6 Å². The molecular weight excluding hydrogens is 637 g/mol. The molecule has 1 heterocycles. The zero-order valence-corrected chi connectivity index (χ0v) is 30.6. The molecule has 3 N–H and O–H groups in total. The number of esters is 1. The lowest BCUT2D eigenvalue weighted by molar-refractivity contribution is -0.154. The Balaban J connectivity index is 1.43. The molecule has 0 unspecified atom stereocenters. The number of carbonyl (C=O) groups excluding carboxylic acids is 1. The third-order valence-corrected chi connectivity index (χ3v) is 19.5. The van der Waals surface area contributed by atoms with E-state index in [0.29, 0.717) is 0 Å². The largest absolute Gasteiger partial charge is 0.455 e. The third-order valence-electron chi connectivity index (χ3n) is 9.47. The molecule has 1 fully saturated rings. The van der Waals surface area contributed by atoms with Crippen LogP contribution in [0.3, 0.4) is 0 Å². The molecule has 7 nitrogen and oxygen atoms in total. The van der Waals surface area contributed by atoms with Crippen LogP contribution < -0.4 is 20.7 Å². The lowest BCUT2D eigenvalue weighted by Gasteiger charge is -2.44. The van der Waals surface area contributed by atoms with E-state index in [-0.39, 0.29) is 11.6 Å². The van der Waals surface area contributed by atoms with Crippen molar-refractivity contribution < 1.29 is 33.7 Å². The fraction of sp³-hybridized carbons (Fsp3) is 0.359. The van der Waals surface area contributed by atoms with Crippen molar-refractivity contribution in [3.63, 3.8) is 0 Å². The van der Waals surface area contributed by atoms with E-state index < -0.39 is 58.2 Å². The van der Waals surface area contributed by atoms with Gasteiger partial charge in [-0.25, -0.2) is 4.79 Å². The first-order valence-corrected chi connectivity index (χ1v) is 20.3. The SMILES string of the molecule is CC(C)(C)[Si](OC[C@@H](O)[C@@H](O)[C@@H]1OC(=O)[C@H](O[Si](c2ccccc2)(c2ccccc2)C(C)(C)C)[C@@H]1O)(c1ccccc1)c1ccccc1. The summed E-state index contributed by atoms with van der Waals surface area (Å²) in [5.41, 5.74) is 0. The van der Waals surface area contributed by atoms with Gasteiger partial charge < -0.3 is 28.9 Å². The molecule has 5 atom stereocenters. The number of carbonyl (C=O) groups is 1. The second-order valence-corrected chi connectivity index (χ2v) is 23.2. The van der Waals surface area contributed by atoms with Crippen LogP contribution in [0, 0.1) is 0 Å². The van der Waals surface area contributed by atoms with Gasteiger partial charge in [0.05, 0.1) is 6.61 Å². The molecule has 0 spiro atoms. The first-order valence-electron chi connectivity index (χ1n) is 16.5. The number of hydrogen-bond donors (Lipinski definition) is 3. The topological polar surface area (TPSA) is 105 Å². The van der Waals surface area contributed by atoms with Gasteiger partial charge in [0.25, 0.3) is 16.6 Å². The van der Waals surface area contributed by atoms with E-state index in [2.05, 4.69) is 41.5 Å². The maximum Gasteiger partial charge on any atom is 0.337 e. The van der Waals surface area contributed by atoms with Crippen molar-refractivity contribution in [2.24, 2.45) is 0 Å². The monoisotopic (exact) mass is 684 g/mol. The van der Waals surface area contributed by atoms with Crippen molar-refractivity contribution in [3.05, 3.63) is 121 Å². The Bertz CT molecular complexity index is 1540. The Hall–Kier alpha value is -3.42. The van der Waals surface area contributed by atoms with E-state index in [9.17, 15) is 20.1 Å². The summed E-state index contributed by atoms with van der Waals surface area (Å²) < 4.78 is 19.3. The maximum atomic E-state index is 13.5. The minimum Gasteiger partial charge on any atom is -0.455 e. The number of aliphatic hydroxyl groups is 3. The number of cyclic esters (lactones) is 1. The number of benzene rings is 4. The van der Waals surface area contributed by atoms with Crippen LogP contribution in [0.25, 0.3) is 0 Å². The molecule has 0 bridgehead atoms. The predicted octanol–water partition coefficient (Wildman–Crippen LogP) is 3.52. The minimum atomic E-state index is -3.25. The first-order chi connectivity index (χ1) is 22.7. The van der Waals surface area contributed by atoms with Crippen LogP contribution >= 0.6 is 0 Å². The van der Waals surface area contributed by atoms with Gasteiger partial charge in [0.2, 0.25) is 0 Å². The highest BCUT2D eigenvalue weighted by Crippen LogP contribution is 2.40. The van der Waals surface area contributed by atoms with Crippen LogP contribution in [-0.4, -0.2) is 75.1 Å². The normalized spacial score (nSPS) is 20.3. The summed E-state index contributed by atoms with van der Waals surface area (Å²) in [4.78, 5) is 13.5. The Morgan fingerprint density at radius 1 is 0.646 bits per heavy atom. The van der Waals surface area contributed by atoms with Gasteiger partial charge in [-0.3, -0.25) is 0 Å². The van der Waals surface area contributed by atoms with Crippen molar-refractivity contribution in [1.29, 1.82) is 0 Å². The molecule has 48 heavy (non-hydrogen) atoms. The van der Waals surface area contributed by atoms with Crippen molar-refractivity contribution in [1.82, 2.24) is 0 Å². The molecule has 1 aliphatic heterocycles. The van der Waals surface area contributed by atoms with Gasteiger partial charge in [-0.1, -0.05) is 163 Å². The van der Waals surface area contributed by atoms with E-state index in [0.717, 1.165) is 20.7 Å². The van der Waals surface area contributed by atoms with E-state index >= 15 is 0 Å². The fourth-order valence-corrected chi connectivity index (χ4v) is 16.4. The first kappa shape index (κ1) is 35.9. The number of hydrogen-bond acceptors (Lipinski definition) is 7. The second-order valence-electron chi connectivity index (χ2n) is 14.6. The molecule has 5 rings (SSSR count). The van der Waals surface area contributed by atoms with Crippen molar-refractivity contribution >= 4 is 43.4 Å². The standard InChI is InChI=1S/C39H48O7Si2/c1-38(2,3)47(28-19-11-7-12-20-28,29-21-13-8-14-22-29)44-27-32(40)33(41)35-34(42)36(37(43)45-35)46-48(39(4,5)6,30-23-15-9-16-24-30)31-25-17-10-18-26-31/h7-26,32-36,40-42H,27H2,1-6H3/t32-,33-,34-,35+,36-/m1/s1.